The number of benzene rings is 1. The smallest absolute Gasteiger partial charge is 0.242 e. The highest BCUT2D eigenvalue weighted by Gasteiger charge is 2.28. The first-order valence-corrected chi connectivity index (χ1v) is 8.46. The van der Waals surface area contributed by atoms with Gasteiger partial charge in [-0.1, -0.05) is 24.3 Å². The topological polar surface area (TPSA) is 62.5 Å². The van der Waals surface area contributed by atoms with E-state index in [1.165, 1.54) is 0 Å². The van der Waals surface area contributed by atoms with Gasteiger partial charge in [0.1, 0.15) is 0 Å². The predicted molar refractivity (Wildman–Crippen MR) is 95.5 cm³/mol. The summed E-state index contributed by atoms with van der Waals surface area (Å²) >= 11 is 0. The van der Waals surface area contributed by atoms with E-state index in [-0.39, 0.29) is 11.9 Å². The van der Waals surface area contributed by atoms with E-state index in [2.05, 4.69) is 9.88 Å². The Hall–Kier alpha value is -2.40. The van der Waals surface area contributed by atoms with Crippen LogP contribution in [-0.4, -0.2) is 41.5 Å². The molecule has 1 fully saturated rings. The van der Waals surface area contributed by atoms with Crippen molar-refractivity contribution in [2.45, 2.75) is 25.4 Å². The maximum atomic E-state index is 12.8. The summed E-state index contributed by atoms with van der Waals surface area (Å²) in [6, 6.07) is 14.2. The molecule has 0 spiro atoms. The second-order valence-corrected chi connectivity index (χ2v) is 6.17. The first-order chi connectivity index (χ1) is 11.8. The van der Waals surface area contributed by atoms with Crippen LogP contribution in [0.15, 0.2) is 54.9 Å². The fourth-order valence-electron chi connectivity index (χ4n) is 3.25. The number of amides is 1. The Bertz CT molecular complexity index is 647. The Morgan fingerprint density at radius 2 is 2.08 bits per heavy atom. The molecular weight excluding hydrogens is 300 g/mol. The molecular formula is C19H24N4O. The number of pyridine rings is 1. The molecule has 1 aromatic heterocycles. The molecule has 1 amide bonds. The minimum atomic E-state index is 0.149. The third kappa shape index (κ3) is 3.92. The average Bonchev–Trinajstić information content (AvgIpc) is 3.12. The molecule has 5 heteroatoms. The molecule has 5 nitrogen and oxygen atoms in total. The molecule has 1 aliphatic rings. The zero-order valence-electron chi connectivity index (χ0n) is 13.8. The van der Waals surface area contributed by atoms with E-state index in [0.717, 1.165) is 30.6 Å². The third-order valence-corrected chi connectivity index (χ3v) is 4.51. The third-order valence-electron chi connectivity index (χ3n) is 4.51. The van der Waals surface area contributed by atoms with Crippen molar-refractivity contribution in [3.63, 3.8) is 0 Å². The van der Waals surface area contributed by atoms with Gasteiger partial charge in [0.15, 0.2) is 0 Å². The van der Waals surface area contributed by atoms with Crippen molar-refractivity contribution in [1.82, 2.24) is 9.88 Å². The van der Waals surface area contributed by atoms with Gasteiger partial charge in [-0.25, -0.2) is 0 Å². The summed E-state index contributed by atoms with van der Waals surface area (Å²) in [5.74, 6) is 0.149. The summed E-state index contributed by atoms with van der Waals surface area (Å²) in [5, 5.41) is 0. The molecule has 1 aliphatic heterocycles. The molecule has 2 heterocycles. The Kier molecular flexibility index (Phi) is 5.43. The minimum Gasteiger partial charge on any atom is -0.358 e. The summed E-state index contributed by atoms with van der Waals surface area (Å²) in [4.78, 5) is 21.0. The van der Waals surface area contributed by atoms with E-state index in [9.17, 15) is 4.79 Å². The van der Waals surface area contributed by atoms with Crippen molar-refractivity contribution >= 4 is 11.6 Å². The maximum Gasteiger partial charge on any atom is 0.242 e. The van der Waals surface area contributed by atoms with Gasteiger partial charge in [0.25, 0.3) is 0 Å². The molecule has 24 heavy (non-hydrogen) atoms. The van der Waals surface area contributed by atoms with Crippen molar-refractivity contribution in [2.24, 2.45) is 5.73 Å². The fourth-order valence-corrected chi connectivity index (χ4v) is 3.25. The van der Waals surface area contributed by atoms with E-state index in [4.69, 9.17) is 5.73 Å². The number of aromatic nitrogens is 1. The van der Waals surface area contributed by atoms with Crippen molar-refractivity contribution in [3.05, 3.63) is 60.4 Å². The number of carbonyl (C=O) groups excluding carboxylic acids is 1. The number of carbonyl (C=O) groups is 1. The molecule has 1 aromatic carbocycles. The van der Waals surface area contributed by atoms with Gasteiger partial charge in [0.2, 0.25) is 5.91 Å². The van der Waals surface area contributed by atoms with Crippen LogP contribution in [0, 0.1) is 0 Å². The largest absolute Gasteiger partial charge is 0.358 e. The quantitative estimate of drug-likeness (QED) is 0.883. The Balaban J connectivity index is 1.76. The van der Waals surface area contributed by atoms with Crippen LogP contribution in [0.3, 0.4) is 0 Å². The summed E-state index contributed by atoms with van der Waals surface area (Å²) in [6.45, 7) is 2.37. The molecule has 3 rings (SSSR count). The van der Waals surface area contributed by atoms with Gasteiger partial charge >= 0.3 is 0 Å². The lowest BCUT2D eigenvalue weighted by Gasteiger charge is -2.29. The number of rotatable bonds is 6. The van der Waals surface area contributed by atoms with Crippen molar-refractivity contribution in [1.29, 1.82) is 0 Å². The number of nitrogens with zero attached hydrogens (tertiary/aromatic N) is 3. The molecule has 2 N–H and O–H groups in total. The SMILES string of the molecule is NCC1CCCN1C(=O)CN(Cc1cccnc1)c1ccccc1. The van der Waals surface area contributed by atoms with E-state index in [1.807, 2.05) is 53.6 Å². The molecule has 2 aromatic rings. The van der Waals surface area contributed by atoms with Crippen LogP contribution in [0.1, 0.15) is 18.4 Å². The summed E-state index contributed by atoms with van der Waals surface area (Å²) < 4.78 is 0. The van der Waals surface area contributed by atoms with Gasteiger partial charge in [0, 0.05) is 43.8 Å². The number of anilines is 1. The van der Waals surface area contributed by atoms with Crippen LogP contribution in [0.5, 0.6) is 0 Å². The number of hydrogen-bond acceptors (Lipinski definition) is 4. The van der Waals surface area contributed by atoms with Crippen LogP contribution < -0.4 is 10.6 Å². The average molecular weight is 324 g/mol. The minimum absolute atomic E-state index is 0.149. The zero-order chi connectivity index (χ0) is 16.8. The van der Waals surface area contributed by atoms with E-state index < -0.39 is 0 Å². The summed E-state index contributed by atoms with van der Waals surface area (Å²) in [7, 11) is 0. The summed E-state index contributed by atoms with van der Waals surface area (Å²) in [6.07, 6.45) is 5.66. The molecule has 0 aliphatic carbocycles. The first kappa shape index (κ1) is 16.5. The highest BCUT2D eigenvalue weighted by Crippen LogP contribution is 2.20. The highest BCUT2D eigenvalue weighted by atomic mass is 16.2. The highest BCUT2D eigenvalue weighted by molar-refractivity contribution is 5.82. The van der Waals surface area contributed by atoms with Gasteiger partial charge in [0.05, 0.1) is 6.54 Å². The zero-order valence-corrected chi connectivity index (χ0v) is 13.8. The van der Waals surface area contributed by atoms with Gasteiger partial charge in [-0.3, -0.25) is 9.78 Å². The first-order valence-electron chi connectivity index (χ1n) is 8.46. The monoisotopic (exact) mass is 324 g/mol. The summed E-state index contributed by atoms with van der Waals surface area (Å²) in [5.41, 5.74) is 7.94. The molecule has 0 bridgehead atoms. The molecule has 1 atom stereocenters. The molecule has 1 unspecified atom stereocenters. The van der Waals surface area contributed by atoms with Crippen molar-refractivity contribution in [3.8, 4) is 0 Å². The fraction of sp³-hybridized carbons (Fsp3) is 0.368. The molecule has 0 radical (unpaired) electrons. The molecule has 0 saturated carbocycles. The lowest BCUT2D eigenvalue weighted by molar-refractivity contribution is -0.130. The Morgan fingerprint density at radius 3 is 2.79 bits per heavy atom. The number of nitrogens with two attached hydrogens (primary N) is 1. The Morgan fingerprint density at radius 1 is 1.25 bits per heavy atom. The van der Waals surface area contributed by atoms with Crippen LogP contribution in [0.25, 0.3) is 0 Å². The van der Waals surface area contributed by atoms with E-state index in [0.29, 0.717) is 19.6 Å². The predicted octanol–water partition coefficient (Wildman–Crippen LogP) is 2.04. The lowest BCUT2D eigenvalue weighted by Crippen LogP contribution is -2.45. The standard InChI is InChI=1S/C19H24N4O/c20-12-18-9-5-11-23(18)19(24)15-22(17-7-2-1-3-8-17)14-16-6-4-10-21-13-16/h1-4,6-8,10,13,18H,5,9,11-12,14-15,20H2. The lowest BCUT2D eigenvalue weighted by atomic mass is 10.2. The normalized spacial score (nSPS) is 17.0. The van der Waals surface area contributed by atoms with Gasteiger partial charge < -0.3 is 15.5 Å². The van der Waals surface area contributed by atoms with Crippen molar-refractivity contribution in [2.75, 3.05) is 24.5 Å². The second kappa shape index (κ2) is 7.93. The van der Waals surface area contributed by atoms with Crippen LogP contribution in [0.4, 0.5) is 5.69 Å². The Labute approximate surface area is 143 Å². The molecule has 1 saturated heterocycles. The number of likely N-dealkylation sites (tertiary alicyclic amines) is 1. The van der Waals surface area contributed by atoms with Gasteiger partial charge in [-0.05, 0) is 36.6 Å². The van der Waals surface area contributed by atoms with Crippen LogP contribution >= 0.6 is 0 Å². The number of para-hydroxylation sites is 1. The van der Waals surface area contributed by atoms with E-state index >= 15 is 0 Å². The van der Waals surface area contributed by atoms with Crippen molar-refractivity contribution < 1.29 is 4.79 Å². The van der Waals surface area contributed by atoms with Gasteiger partial charge in [-0.2, -0.15) is 0 Å². The maximum absolute atomic E-state index is 12.8. The number of hydrogen-bond donors (Lipinski definition) is 1. The van der Waals surface area contributed by atoms with Crippen LogP contribution in [-0.2, 0) is 11.3 Å². The second-order valence-electron chi connectivity index (χ2n) is 6.17. The van der Waals surface area contributed by atoms with Gasteiger partial charge in [-0.15, -0.1) is 0 Å². The molecule has 126 valence electrons. The van der Waals surface area contributed by atoms with Crippen LogP contribution in [0.2, 0.25) is 0 Å². The van der Waals surface area contributed by atoms with E-state index in [1.54, 1.807) is 6.20 Å².